The van der Waals surface area contributed by atoms with Crippen molar-refractivity contribution < 1.29 is 9.18 Å². The highest BCUT2D eigenvalue weighted by molar-refractivity contribution is 9.10. The molecule has 2 rings (SSSR count). The van der Waals surface area contributed by atoms with E-state index in [0.717, 1.165) is 5.56 Å². The van der Waals surface area contributed by atoms with E-state index in [9.17, 15) is 9.18 Å². The first-order valence-electron chi connectivity index (χ1n) is 5.46. The number of hydrogen-bond acceptors (Lipinski definition) is 2. The SMILES string of the molecule is Cc1cnccc1C(=O)Cc1cccc(F)c1Br. The number of rotatable bonds is 3. The lowest BCUT2D eigenvalue weighted by Gasteiger charge is -2.06. The monoisotopic (exact) mass is 307 g/mol. The van der Waals surface area contributed by atoms with Crippen LogP contribution in [0.25, 0.3) is 0 Å². The Bertz CT molecular complexity index is 598. The molecule has 0 unspecified atom stereocenters. The van der Waals surface area contributed by atoms with Crippen LogP contribution in [0.15, 0.2) is 41.1 Å². The van der Waals surface area contributed by atoms with E-state index >= 15 is 0 Å². The summed E-state index contributed by atoms with van der Waals surface area (Å²) in [6.07, 6.45) is 3.40. The number of carbonyl (C=O) groups excluding carboxylic acids is 1. The van der Waals surface area contributed by atoms with E-state index in [1.165, 1.54) is 6.07 Å². The topological polar surface area (TPSA) is 30.0 Å². The minimum absolute atomic E-state index is 0.0406. The van der Waals surface area contributed by atoms with Gasteiger partial charge in [0, 0.05) is 24.4 Å². The molecular formula is C14H11BrFNO. The molecule has 0 bridgehead atoms. The molecule has 0 aliphatic heterocycles. The molecule has 0 atom stereocenters. The van der Waals surface area contributed by atoms with Gasteiger partial charge in [0.1, 0.15) is 5.82 Å². The van der Waals surface area contributed by atoms with Crippen LogP contribution in [0.1, 0.15) is 21.5 Å². The summed E-state index contributed by atoms with van der Waals surface area (Å²) in [6.45, 7) is 1.83. The number of nitrogens with zero attached hydrogens (tertiary/aromatic N) is 1. The van der Waals surface area contributed by atoms with Crippen LogP contribution in [-0.2, 0) is 6.42 Å². The molecule has 0 fully saturated rings. The van der Waals surface area contributed by atoms with Gasteiger partial charge >= 0.3 is 0 Å². The molecule has 1 heterocycles. The van der Waals surface area contributed by atoms with E-state index in [1.54, 1.807) is 30.6 Å². The van der Waals surface area contributed by atoms with Gasteiger partial charge in [-0.15, -0.1) is 0 Å². The predicted octanol–water partition coefficient (Wildman–Crippen LogP) is 3.72. The minimum atomic E-state index is -0.355. The summed E-state index contributed by atoms with van der Waals surface area (Å²) in [7, 11) is 0. The molecule has 0 amide bonds. The lowest BCUT2D eigenvalue weighted by atomic mass is 10.0. The number of carbonyl (C=O) groups is 1. The summed E-state index contributed by atoms with van der Waals surface area (Å²) in [6, 6.07) is 6.38. The largest absolute Gasteiger partial charge is 0.294 e. The van der Waals surface area contributed by atoms with Gasteiger partial charge in [-0.3, -0.25) is 9.78 Å². The van der Waals surface area contributed by atoms with Gasteiger partial charge in [0.25, 0.3) is 0 Å². The highest BCUT2D eigenvalue weighted by atomic mass is 79.9. The molecule has 0 aliphatic rings. The van der Waals surface area contributed by atoms with Gasteiger partial charge in [0.05, 0.1) is 4.47 Å². The lowest BCUT2D eigenvalue weighted by molar-refractivity contribution is 0.0992. The molecule has 4 heteroatoms. The van der Waals surface area contributed by atoms with E-state index in [-0.39, 0.29) is 18.0 Å². The number of benzene rings is 1. The molecule has 18 heavy (non-hydrogen) atoms. The Labute approximate surface area is 113 Å². The summed E-state index contributed by atoms with van der Waals surface area (Å²) in [5.74, 6) is -0.395. The van der Waals surface area contributed by atoms with Crippen LogP contribution in [0.4, 0.5) is 4.39 Å². The maximum Gasteiger partial charge on any atom is 0.167 e. The molecule has 0 N–H and O–H groups in total. The zero-order valence-corrected chi connectivity index (χ0v) is 11.4. The first kappa shape index (κ1) is 12.9. The Morgan fingerprint density at radius 2 is 2.17 bits per heavy atom. The second kappa shape index (κ2) is 5.40. The smallest absolute Gasteiger partial charge is 0.167 e. The van der Waals surface area contributed by atoms with Crippen LogP contribution in [0, 0.1) is 12.7 Å². The molecule has 2 nitrogen and oxygen atoms in total. The highest BCUT2D eigenvalue weighted by Gasteiger charge is 2.13. The van der Waals surface area contributed by atoms with Crippen LogP contribution in [0.5, 0.6) is 0 Å². The van der Waals surface area contributed by atoms with Gasteiger partial charge in [0.2, 0.25) is 0 Å². The summed E-state index contributed by atoms with van der Waals surface area (Å²) < 4.78 is 13.7. The molecule has 0 saturated heterocycles. The van der Waals surface area contributed by atoms with Crippen molar-refractivity contribution in [2.45, 2.75) is 13.3 Å². The number of aromatic nitrogens is 1. The fourth-order valence-corrected chi connectivity index (χ4v) is 2.14. The minimum Gasteiger partial charge on any atom is -0.294 e. The fourth-order valence-electron chi connectivity index (χ4n) is 1.74. The van der Waals surface area contributed by atoms with Crippen LogP contribution >= 0.6 is 15.9 Å². The van der Waals surface area contributed by atoms with E-state index in [2.05, 4.69) is 20.9 Å². The Morgan fingerprint density at radius 3 is 2.89 bits per heavy atom. The average Bonchev–Trinajstić information content (AvgIpc) is 2.35. The van der Waals surface area contributed by atoms with Crippen LogP contribution < -0.4 is 0 Å². The summed E-state index contributed by atoms with van der Waals surface area (Å²) in [4.78, 5) is 16.1. The number of pyridine rings is 1. The van der Waals surface area contributed by atoms with E-state index in [4.69, 9.17) is 0 Å². The number of hydrogen-bond donors (Lipinski definition) is 0. The number of Topliss-reactive ketones (excluding diaryl/α,β-unsaturated/α-hetero) is 1. The van der Waals surface area contributed by atoms with Gasteiger partial charge < -0.3 is 0 Å². The molecular weight excluding hydrogens is 297 g/mol. The van der Waals surface area contributed by atoms with Crippen molar-refractivity contribution in [2.24, 2.45) is 0 Å². The molecule has 0 radical (unpaired) electrons. The summed E-state index contributed by atoms with van der Waals surface area (Å²) in [5.41, 5.74) is 2.10. The maximum absolute atomic E-state index is 13.3. The third kappa shape index (κ3) is 2.64. The first-order valence-corrected chi connectivity index (χ1v) is 6.25. The fraction of sp³-hybridized carbons (Fsp3) is 0.143. The van der Waals surface area contributed by atoms with Gasteiger partial charge in [-0.2, -0.15) is 0 Å². The third-order valence-corrected chi connectivity index (χ3v) is 3.59. The Kier molecular flexibility index (Phi) is 3.87. The molecule has 1 aromatic carbocycles. The molecule has 0 spiro atoms. The highest BCUT2D eigenvalue weighted by Crippen LogP contribution is 2.22. The van der Waals surface area contributed by atoms with Crippen LogP contribution in [0.3, 0.4) is 0 Å². The van der Waals surface area contributed by atoms with E-state index < -0.39 is 0 Å². The zero-order valence-electron chi connectivity index (χ0n) is 9.78. The average molecular weight is 308 g/mol. The van der Waals surface area contributed by atoms with Crippen molar-refractivity contribution in [3.63, 3.8) is 0 Å². The van der Waals surface area contributed by atoms with Crippen LogP contribution in [0.2, 0.25) is 0 Å². The lowest BCUT2D eigenvalue weighted by Crippen LogP contribution is -2.06. The second-order valence-electron chi connectivity index (χ2n) is 4.00. The summed E-state index contributed by atoms with van der Waals surface area (Å²) >= 11 is 3.16. The van der Waals surface area contributed by atoms with Crippen molar-refractivity contribution in [3.05, 3.63) is 63.6 Å². The van der Waals surface area contributed by atoms with Crippen molar-refractivity contribution in [3.8, 4) is 0 Å². The van der Waals surface area contributed by atoms with Crippen molar-refractivity contribution in [1.82, 2.24) is 4.98 Å². The van der Waals surface area contributed by atoms with Gasteiger partial charge in [-0.1, -0.05) is 12.1 Å². The zero-order chi connectivity index (χ0) is 13.1. The Balaban J connectivity index is 2.27. The number of halogens is 2. The van der Waals surface area contributed by atoms with E-state index in [0.29, 0.717) is 15.6 Å². The van der Waals surface area contributed by atoms with Crippen LogP contribution in [-0.4, -0.2) is 10.8 Å². The van der Waals surface area contributed by atoms with Gasteiger partial charge in [0.15, 0.2) is 5.78 Å². The molecule has 0 aliphatic carbocycles. The standard InChI is InChI=1S/C14H11BrFNO/c1-9-8-17-6-5-11(9)13(18)7-10-3-2-4-12(16)14(10)15/h2-6,8H,7H2,1H3. The van der Waals surface area contributed by atoms with Crippen molar-refractivity contribution >= 4 is 21.7 Å². The normalized spacial score (nSPS) is 10.4. The van der Waals surface area contributed by atoms with Gasteiger partial charge in [-0.05, 0) is 46.1 Å². The van der Waals surface area contributed by atoms with Crippen molar-refractivity contribution in [1.29, 1.82) is 0 Å². The molecule has 0 saturated carbocycles. The number of ketones is 1. The molecule has 92 valence electrons. The van der Waals surface area contributed by atoms with Gasteiger partial charge in [-0.25, -0.2) is 4.39 Å². The molecule has 2 aromatic rings. The molecule has 1 aromatic heterocycles. The second-order valence-corrected chi connectivity index (χ2v) is 4.80. The Morgan fingerprint density at radius 1 is 1.39 bits per heavy atom. The van der Waals surface area contributed by atoms with E-state index in [1.807, 2.05) is 6.92 Å². The Hall–Kier alpha value is -1.55. The summed E-state index contributed by atoms with van der Waals surface area (Å²) in [5, 5.41) is 0. The quantitative estimate of drug-likeness (QED) is 0.809. The maximum atomic E-state index is 13.3. The predicted molar refractivity (Wildman–Crippen MR) is 71.1 cm³/mol. The third-order valence-electron chi connectivity index (χ3n) is 2.70. The number of aryl methyl sites for hydroxylation is 1. The first-order chi connectivity index (χ1) is 8.59. The van der Waals surface area contributed by atoms with Crippen molar-refractivity contribution in [2.75, 3.05) is 0 Å².